The fourth-order valence-electron chi connectivity index (χ4n) is 5.31. The molecule has 154 valence electrons. The summed E-state index contributed by atoms with van der Waals surface area (Å²) >= 11 is 2.08. The third-order valence-electron chi connectivity index (χ3n) is 6.84. The zero-order valence-corrected chi connectivity index (χ0v) is 18.3. The van der Waals surface area contributed by atoms with Gasteiger partial charge < -0.3 is 10.2 Å². The van der Waals surface area contributed by atoms with Gasteiger partial charge in [0.2, 0.25) is 0 Å². The summed E-state index contributed by atoms with van der Waals surface area (Å²) in [5.74, 6) is 2.50. The Bertz CT molecular complexity index is 849. The van der Waals surface area contributed by atoms with Crippen molar-refractivity contribution in [2.75, 3.05) is 43.1 Å². The van der Waals surface area contributed by atoms with E-state index in [0.717, 1.165) is 19.5 Å². The fourth-order valence-corrected chi connectivity index (χ4v) is 6.22. The number of rotatable bonds is 4. The van der Waals surface area contributed by atoms with Gasteiger partial charge in [0.25, 0.3) is 0 Å². The maximum atomic E-state index is 4.76. The van der Waals surface area contributed by atoms with Crippen LogP contribution >= 0.6 is 11.8 Å². The second-order valence-electron chi connectivity index (χ2n) is 8.69. The maximum absolute atomic E-state index is 4.76. The average Bonchev–Trinajstić information content (AvgIpc) is 2.79. The van der Waals surface area contributed by atoms with Crippen LogP contribution in [0.4, 0.5) is 5.69 Å². The van der Waals surface area contributed by atoms with Gasteiger partial charge in [-0.1, -0.05) is 18.2 Å². The minimum atomic E-state index is 0.456. The summed E-state index contributed by atoms with van der Waals surface area (Å²) in [4.78, 5) is 9.92. The third kappa shape index (κ3) is 4.05. The quantitative estimate of drug-likeness (QED) is 0.835. The summed E-state index contributed by atoms with van der Waals surface area (Å²) in [6.07, 6.45) is 6.76. The first-order valence-corrected chi connectivity index (χ1v) is 12.3. The van der Waals surface area contributed by atoms with Crippen molar-refractivity contribution < 1.29 is 0 Å². The van der Waals surface area contributed by atoms with Crippen LogP contribution in [0.25, 0.3) is 0 Å². The summed E-state index contributed by atoms with van der Waals surface area (Å²) in [5, 5.41) is 3.81. The monoisotopic (exact) mass is 408 g/mol. The zero-order chi connectivity index (χ0) is 19.6. The van der Waals surface area contributed by atoms with E-state index in [9.17, 15) is 0 Å². The van der Waals surface area contributed by atoms with Gasteiger partial charge in [-0.2, -0.15) is 11.8 Å². The summed E-state index contributed by atoms with van der Waals surface area (Å²) in [6.45, 7) is 4.43. The van der Waals surface area contributed by atoms with E-state index in [1.165, 1.54) is 66.4 Å². The highest BCUT2D eigenvalue weighted by molar-refractivity contribution is 7.99. The Morgan fingerprint density at radius 2 is 2.03 bits per heavy atom. The molecule has 0 bridgehead atoms. The lowest BCUT2D eigenvalue weighted by Gasteiger charge is -2.38. The highest BCUT2D eigenvalue weighted by Gasteiger charge is 2.29. The lowest BCUT2D eigenvalue weighted by molar-refractivity contribution is 0.191. The first-order chi connectivity index (χ1) is 14.3. The molecule has 4 nitrogen and oxygen atoms in total. The van der Waals surface area contributed by atoms with Gasteiger partial charge in [0.15, 0.2) is 0 Å². The van der Waals surface area contributed by atoms with E-state index in [1.54, 1.807) is 5.56 Å². The second kappa shape index (κ2) is 8.66. The molecular formula is C24H32N4S. The van der Waals surface area contributed by atoms with Gasteiger partial charge in [-0.15, -0.1) is 0 Å². The van der Waals surface area contributed by atoms with Crippen molar-refractivity contribution >= 4 is 17.4 Å². The molecule has 3 heterocycles. The van der Waals surface area contributed by atoms with E-state index in [2.05, 4.69) is 64.3 Å². The molecule has 1 fully saturated rings. The SMILES string of the molecule is CN(CC1Cc2c(cccc2N2CCSCC2)CN1)[C@H]1CCCc2cccnc21. The van der Waals surface area contributed by atoms with Crippen LogP contribution in [0.3, 0.4) is 0 Å². The molecule has 0 spiro atoms. The molecule has 5 heteroatoms. The molecule has 0 amide bonds. The van der Waals surface area contributed by atoms with Crippen molar-refractivity contribution in [3.63, 3.8) is 0 Å². The first kappa shape index (κ1) is 19.4. The van der Waals surface area contributed by atoms with Crippen molar-refractivity contribution in [2.45, 2.75) is 44.3 Å². The zero-order valence-electron chi connectivity index (χ0n) is 17.4. The number of anilines is 1. The van der Waals surface area contributed by atoms with Crippen LogP contribution in [-0.2, 0) is 19.4 Å². The number of fused-ring (bicyclic) bond motifs is 2. The van der Waals surface area contributed by atoms with Crippen LogP contribution in [0.15, 0.2) is 36.5 Å². The van der Waals surface area contributed by atoms with Gasteiger partial charge >= 0.3 is 0 Å². The van der Waals surface area contributed by atoms with E-state index < -0.39 is 0 Å². The van der Waals surface area contributed by atoms with E-state index in [0.29, 0.717) is 12.1 Å². The van der Waals surface area contributed by atoms with Crippen LogP contribution in [0.1, 0.15) is 41.3 Å². The molecule has 1 aromatic heterocycles. The van der Waals surface area contributed by atoms with Gasteiger partial charge in [-0.25, -0.2) is 0 Å². The molecular weight excluding hydrogens is 376 g/mol. The van der Waals surface area contributed by atoms with Crippen molar-refractivity contribution in [3.05, 3.63) is 58.9 Å². The first-order valence-electron chi connectivity index (χ1n) is 11.1. The summed E-state index contributed by atoms with van der Waals surface area (Å²) in [6, 6.07) is 12.2. The molecule has 0 radical (unpaired) electrons. The summed E-state index contributed by atoms with van der Waals surface area (Å²) in [7, 11) is 2.29. The van der Waals surface area contributed by atoms with E-state index in [4.69, 9.17) is 4.98 Å². The Morgan fingerprint density at radius 3 is 2.93 bits per heavy atom. The minimum absolute atomic E-state index is 0.456. The number of thioether (sulfide) groups is 1. The van der Waals surface area contributed by atoms with Crippen molar-refractivity contribution in [2.24, 2.45) is 0 Å². The number of likely N-dealkylation sites (N-methyl/N-ethyl adjacent to an activating group) is 1. The molecule has 29 heavy (non-hydrogen) atoms. The Balaban J connectivity index is 1.31. The van der Waals surface area contributed by atoms with Gasteiger partial charge in [0.1, 0.15) is 0 Å². The Labute approximate surface area is 179 Å². The predicted octanol–water partition coefficient (Wildman–Crippen LogP) is 3.66. The van der Waals surface area contributed by atoms with Crippen LogP contribution in [0.5, 0.6) is 0 Å². The molecule has 5 rings (SSSR count). The number of aryl methyl sites for hydroxylation is 1. The van der Waals surface area contributed by atoms with Crippen LogP contribution < -0.4 is 10.2 Å². The van der Waals surface area contributed by atoms with Crippen LogP contribution in [-0.4, -0.2) is 54.1 Å². The number of nitrogens with zero attached hydrogens (tertiary/aromatic N) is 3. The number of pyridine rings is 1. The molecule has 2 atom stereocenters. The summed E-state index contributed by atoms with van der Waals surface area (Å²) < 4.78 is 0. The normalized spacial score (nSPS) is 24.3. The Kier molecular flexibility index (Phi) is 5.80. The average molecular weight is 409 g/mol. The van der Waals surface area contributed by atoms with Crippen molar-refractivity contribution in [1.29, 1.82) is 0 Å². The van der Waals surface area contributed by atoms with Crippen LogP contribution in [0.2, 0.25) is 0 Å². The topological polar surface area (TPSA) is 31.4 Å². The molecule has 1 N–H and O–H groups in total. The molecule has 3 aliphatic rings. The highest BCUT2D eigenvalue weighted by atomic mass is 32.2. The van der Waals surface area contributed by atoms with E-state index >= 15 is 0 Å². The van der Waals surface area contributed by atoms with Gasteiger partial charge in [-0.05, 0) is 61.6 Å². The number of nitrogens with one attached hydrogen (secondary N) is 1. The molecule has 1 aliphatic carbocycles. The van der Waals surface area contributed by atoms with Crippen LogP contribution in [0, 0.1) is 0 Å². The lowest BCUT2D eigenvalue weighted by Crippen LogP contribution is -2.45. The molecule has 2 aliphatic heterocycles. The largest absolute Gasteiger partial charge is 0.370 e. The highest BCUT2D eigenvalue weighted by Crippen LogP contribution is 2.33. The van der Waals surface area contributed by atoms with Gasteiger partial charge in [0, 0.05) is 55.6 Å². The third-order valence-corrected chi connectivity index (χ3v) is 7.78. The molecule has 1 aromatic carbocycles. The van der Waals surface area contributed by atoms with Crippen molar-refractivity contribution in [3.8, 4) is 0 Å². The molecule has 1 saturated heterocycles. The smallest absolute Gasteiger partial charge is 0.0607 e. The van der Waals surface area contributed by atoms with Crippen molar-refractivity contribution in [1.82, 2.24) is 15.2 Å². The molecule has 0 saturated carbocycles. The fraction of sp³-hybridized carbons (Fsp3) is 0.542. The Morgan fingerprint density at radius 1 is 1.17 bits per heavy atom. The minimum Gasteiger partial charge on any atom is -0.370 e. The number of hydrogen-bond donors (Lipinski definition) is 1. The van der Waals surface area contributed by atoms with E-state index in [-0.39, 0.29) is 0 Å². The Hall–Kier alpha value is -1.56. The number of aromatic nitrogens is 1. The summed E-state index contributed by atoms with van der Waals surface area (Å²) in [5.41, 5.74) is 7.32. The second-order valence-corrected chi connectivity index (χ2v) is 9.92. The lowest BCUT2D eigenvalue weighted by atomic mass is 9.89. The number of hydrogen-bond acceptors (Lipinski definition) is 5. The van der Waals surface area contributed by atoms with Gasteiger partial charge in [0.05, 0.1) is 11.7 Å². The maximum Gasteiger partial charge on any atom is 0.0607 e. The molecule has 1 unspecified atom stereocenters. The predicted molar refractivity (Wildman–Crippen MR) is 123 cm³/mol. The standard InChI is InChI=1S/C24H32N4S/c1-27(23-9-2-5-18-7-4-10-25-24(18)23)17-20-15-21-19(16-26-20)6-3-8-22(21)28-11-13-29-14-12-28/h3-4,6-8,10,20,23,26H,2,5,9,11-17H2,1H3/t20?,23-/m0/s1. The number of benzene rings is 1. The molecule has 2 aromatic rings. The van der Waals surface area contributed by atoms with E-state index in [1.807, 2.05) is 6.20 Å². The van der Waals surface area contributed by atoms with Gasteiger partial charge in [-0.3, -0.25) is 9.88 Å².